The molecule has 2 aliphatic heterocycles. The lowest BCUT2D eigenvalue weighted by molar-refractivity contribution is -0.141. The van der Waals surface area contributed by atoms with E-state index in [0.717, 1.165) is 87.5 Å². The molecule has 0 amide bonds. The number of hydrogen-bond donors (Lipinski definition) is 4. The van der Waals surface area contributed by atoms with Crippen LogP contribution in [0.3, 0.4) is 0 Å². The fraction of sp³-hybridized carbons (Fsp3) is 0.467. The SMILES string of the molecule is C=Cc1c2[nH]c(c1C)/C=C1\N/C(=C3\c4[nH]c(c(C)c4C(=O)[C@@H]3C(=O)OC)/C=c3\[nH]/c(c(C)c3CC)=C\2)[C@@H](CCCOC/C=C(\C)CCCC(C)C)[C@@H]1C. The first-order chi connectivity index (χ1) is 25.4. The van der Waals surface area contributed by atoms with Gasteiger partial charge < -0.3 is 29.7 Å². The summed E-state index contributed by atoms with van der Waals surface area (Å²) in [5.74, 6) is -0.982. The van der Waals surface area contributed by atoms with Gasteiger partial charge in [-0.15, -0.1) is 0 Å². The number of rotatable bonds is 13. The Kier molecular flexibility index (Phi) is 11.4. The van der Waals surface area contributed by atoms with Gasteiger partial charge in [0, 0.05) is 74.3 Å². The van der Waals surface area contributed by atoms with Crippen LogP contribution in [0.1, 0.15) is 128 Å². The first kappa shape index (κ1) is 38.2. The van der Waals surface area contributed by atoms with Crippen molar-refractivity contribution < 1.29 is 19.1 Å². The summed E-state index contributed by atoms with van der Waals surface area (Å²) in [7, 11) is 1.36. The van der Waals surface area contributed by atoms with Crippen LogP contribution in [0, 0.1) is 44.4 Å². The van der Waals surface area contributed by atoms with Crippen LogP contribution < -0.4 is 16.0 Å². The van der Waals surface area contributed by atoms with Gasteiger partial charge in [0.25, 0.3) is 0 Å². The number of nitrogens with one attached hydrogen (secondary N) is 4. The zero-order valence-electron chi connectivity index (χ0n) is 33.2. The van der Waals surface area contributed by atoms with Gasteiger partial charge in [0.05, 0.1) is 19.4 Å². The number of carbonyl (C=O) groups excluding carboxylic acids is 2. The van der Waals surface area contributed by atoms with Crippen LogP contribution in [0.25, 0.3) is 29.9 Å². The van der Waals surface area contributed by atoms with E-state index in [1.54, 1.807) is 0 Å². The number of allylic oxidation sites excluding steroid dienone is 3. The highest BCUT2D eigenvalue weighted by atomic mass is 16.5. The van der Waals surface area contributed by atoms with Crippen LogP contribution in [0.15, 0.2) is 29.6 Å². The zero-order chi connectivity index (χ0) is 38.1. The van der Waals surface area contributed by atoms with E-state index in [9.17, 15) is 9.59 Å². The van der Waals surface area contributed by atoms with E-state index >= 15 is 0 Å². The van der Waals surface area contributed by atoms with Crippen LogP contribution in [0.4, 0.5) is 0 Å². The molecule has 0 aromatic carbocycles. The lowest BCUT2D eigenvalue weighted by Gasteiger charge is -2.20. The first-order valence-corrected chi connectivity index (χ1v) is 19.5. The van der Waals surface area contributed by atoms with Crippen LogP contribution in [-0.4, -0.2) is 47.0 Å². The number of ether oxygens (including phenoxy) is 2. The molecule has 0 unspecified atom stereocenters. The predicted molar refractivity (Wildman–Crippen MR) is 215 cm³/mol. The maximum atomic E-state index is 14.3. The summed E-state index contributed by atoms with van der Waals surface area (Å²) in [5.41, 5.74) is 13.5. The van der Waals surface area contributed by atoms with Gasteiger partial charge in [0.1, 0.15) is 5.92 Å². The zero-order valence-corrected chi connectivity index (χ0v) is 33.2. The van der Waals surface area contributed by atoms with Crippen molar-refractivity contribution in [2.45, 2.75) is 93.9 Å². The first-order valence-electron chi connectivity index (χ1n) is 19.5. The smallest absolute Gasteiger partial charge is 0.321 e. The molecule has 6 rings (SSSR count). The quantitative estimate of drug-likeness (QED) is 0.0621. The number of ketones is 1. The second-order valence-corrected chi connectivity index (χ2v) is 15.6. The predicted octanol–water partition coefficient (Wildman–Crippen LogP) is 7.94. The third-order valence-corrected chi connectivity index (χ3v) is 11.8. The number of aromatic amines is 3. The molecule has 0 saturated carbocycles. The molecule has 282 valence electrons. The van der Waals surface area contributed by atoms with Gasteiger partial charge >= 0.3 is 5.97 Å². The molecule has 5 heterocycles. The molecule has 0 spiro atoms. The maximum absolute atomic E-state index is 14.3. The monoisotopic (exact) mass is 718 g/mol. The maximum Gasteiger partial charge on any atom is 0.321 e. The van der Waals surface area contributed by atoms with E-state index in [-0.39, 0.29) is 17.6 Å². The molecule has 0 radical (unpaired) electrons. The topological polar surface area (TPSA) is 112 Å². The summed E-state index contributed by atoms with van der Waals surface area (Å²) in [6.45, 7) is 22.8. The average Bonchev–Trinajstić information content (AvgIpc) is 3.86. The summed E-state index contributed by atoms with van der Waals surface area (Å²) in [5, 5.41) is 5.80. The second-order valence-electron chi connectivity index (χ2n) is 15.6. The van der Waals surface area contributed by atoms with Gasteiger partial charge in [0.15, 0.2) is 5.78 Å². The molecule has 1 saturated heterocycles. The Morgan fingerprint density at radius 2 is 1.72 bits per heavy atom. The number of esters is 1. The molecule has 3 aliphatic rings. The minimum Gasteiger partial charge on any atom is -0.468 e. The molecule has 8 heteroatoms. The summed E-state index contributed by atoms with van der Waals surface area (Å²) >= 11 is 0. The van der Waals surface area contributed by atoms with Gasteiger partial charge in [-0.05, 0) is 106 Å². The fourth-order valence-electron chi connectivity index (χ4n) is 8.58. The minimum atomic E-state index is -1.05. The molecular weight excluding hydrogens is 661 g/mol. The van der Waals surface area contributed by atoms with Gasteiger partial charge in [0.2, 0.25) is 0 Å². The van der Waals surface area contributed by atoms with E-state index in [0.29, 0.717) is 30.0 Å². The molecule has 53 heavy (non-hydrogen) atoms. The summed E-state index contributed by atoms with van der Waals surface area (Å²) in [6, 6.07) is 0. The number of H-pyrrole nitrogens is 3. The molecule has 3 aromatic rings. The van der Waals surface area contributed by atoms with E-state index < -0.39 is 11.9 Å². The Morgan fingerprint density at radius 1 is 0.981 bits per heavy atom. The standard InChI is InChI=1S/C45H58N4O4/c1-11-30-26(6)33-21-35-28(8)32(17-14-19-53-20-18-25(5)16-13-15-24(3)4)42(48-35)40-41(45(51)52-10)44(50)39-29(9)36(49-43(39)40)23-38-31(12-2)27(7)34(47-38)22-37(30)46-33/h11,18,21-24,28,32,41,46-49H,1,12-17,19-20H2,2-10H3/b25-18+,34-22-,35-21-,38-23-,42-40-/t28-,32-,41+/m0/s1. The Bertz CT molecular complexity index is 2150. The fourth-order valence-corrected chi connectivity index (χ4v) is 8.58. The summed E-state index contributed by atoms with van der Waals surface area (Å²) in [6.07, 6.45) is 16.7. The highest BCUT2D eigenvalue weighted by molar-refractivity contribution is 6.24. The van der Waals surface area contributed by atoms with Crippen LogP contribution in [0.2, 0.25) is 0 Å². The minimum absolute atomic E-state index is 0.0193. The van der Waals surface area contributed by atoms with Crippen molar-refractivity contribution in [3.05, 3.63) is 96.5 Å². The normalized spacial score (nSPS) is 23.0. The number of hydrogen-bond acceptors (Lipinski definition) is 5. The lowest BCUT2D eigenvalue weighted by atomic mass is 9.85. The van der Waals surface area contributed by atoms with Gasteiger partial charge in [-0.25, -0.2) is 0 Å². The largest absolute Gasteiger partial charge is 0.468 e. The number of fused-ring (bicyclic) bond motifs is 7. The Labute approximate surface area is 314 Å². The lowest BCUT2D eigenvalue weighted by Crippen LogP contribution is -2.25. The molecule has 8 bridgehead atoms. The van der Waals surface area contributed by atoms with Crippen LogP contribution >= 0.6 is 0 Å². The summed E-state index contributed by atoms with van der Waals surface area (Å²) < 4.78 is 11.4. The highest BCUT2D eigenvalue weighted by Crippen LogP contribution is 2.48. The molecule has 8 nitrogen and oxygen atoms in total. The average molecular weight is 719 g/mol. The van der Waals surface area contributed by atoms with Gasteiger partial charge in [-0.3, -0.25) is 9.59 Å². The van der Waals surface area contributed by atoms with E-state index in [1.165, 1.54) is 36.7 Å². The van der Waals surface area contributed by atoms with Crippen LogP contribution in [-0.2, 0) is 20.7 Å². The van der Waals surface area contributed by atoms with Crippen molar-refractivity contribution in [1.29, 1.82) is 0 Å². The molecule has 4 N–H and O–H groups in total. The second kappa shape index (κ2) is 15.8. The molecular formula is C45H58N4O4. The van der Waals surface area contributed by atoms with Crippen molar-refractivity contribution in [3.63, 3.8) is 0 Å². The highest BCUT2D eigenvalue weighted by Gasteiger charge is 2.48. The third kappa shape index (κ3) is 7.22. The van der Waals surface area contributed by atoms with Gasteiger partial charge in [-0.2, -0.15) is 0 Å². The molecule has 1 fully saturated rings. The number of Topliss-reactive ketones (excluding diaryl/α,β-unsaturated/α-hetero) is 1. The van der Waals surface area contributed by atoms with Crippen molar-refractivity contribution >= 4 is 41.6 Å². The van der Waals surface area contributed by atoms with Crippen LogP contribution in [0.5, 0.6) is 0 Å². The van der Waals surface area contributed by atoms with Crippen molar-refractivity contribution in [1.82, 2.24) is 20.3 Å². The van der Waals surface area contributed by atoms with Crippen molar-refractivity contribution in [2.24, 2.45) is 23.7 Å². The van der Waals surface area contributed by atoms with Crippen molar-refractivity contribution in [3.8, 4) is 0 Å². The number of aromatic nitrogens is 3. The Hall–Kier alpha value is -4.56. The van der Waals surface area contributed by atoms with Crippen molar-refractivity contribution in [2.75, 3.05) is 20.3 Å². The number of carbonyl (C=O) groups is 2. The third-order valence-electron chi connectivity index (χ3n) is 11.8. The Morgan fingerprint density at radius 3 is 2.42 bits per heavy atom. The van der Waals surface area contributed by atoms with E-state index in [2.05, 4.69) is 99.6 Å². The van der Waals surface area contributed by atoms with E-state index in [1.807, 2.05) is 13.0 Å². The molecule has 3 aromatic heterocycles. The number of methoxy groups -OCH3 is 1. The van der Waals surface area contributed by atoms with E-state index in [4.69, 9.17) is 9.47 Å². The summed E-state index contributed by atoms with van der Waals surface area (Å²) in [4.78, 5) is 38.8. The Balaban J connectivity index is 1.46. The van der Waals surface area contributed by atoms with Gasteiger partial charge in [-0.1, -0.05) is 58.4 Å². The molecule has 1 aliphatic carbocycles. The molecule has 3 atom stereocenters.